The number of rotatable bonds is 9. The van der Waals surface area contributed by atoms with E-state index in [-0.39, 0.29) is 29.2 Å². The highest BCUT2D eigenvalue weighted by Gasteiger charge is 2.34. The summed E-state index contributed by atoms with van der Waals surface area (Å²) in [5, 5.41) is 0.673. The molecule has 1 unspecified atom stereocenters. The van der Waals surface area contributed by atoms with Gasteiger partial charge in [0.05, 0.1) is 34.9 Å². The maximum Gasteiger partial charge on any atom is 0.233 e. The first-order valence-electron chi connectivity index (χ1n) is 9.67. The molecule has 28 heavy (non-hydrogen) atoms. The number of nitrogens with one attached hydrogen (secondary N) is 1. The van der Waals surface area contributed by atoms with Crippen molar-refractivity contribution in [1.29, 1.82) is 0 Å². The second-order valence-electron chi connectivity index (χ2n) is 6.94. The van der Waals surface area contributed by atoms with E-state index in [1.165, 1.54) is 11.8 Å². The standard InChI is InChI=1S/C19H27N3O4S2/c1-3-5-9-22(14-8-10-28(24,25)13-14)18(23)12-27-19-20-16-7-6-15(26-4-2)11-17(16)21-19/h6-7,11,14H,3-5,8-10,12-13H2,1-2H3,(H,20,21). The van der Waals surface area contributed by atoms with Crippen molar-refractivity contribution in [3.8, 4) is 5.75 Å². The van der Waals surface area contributed by atoms with E-state index in [2.05, 4.69) is 16.9 Å². The van der Waals surface area contributed by atoms with Gasteiger partial charge in [0.15, 0.2) is 15.0 Å². The zero-order valence-electron chi connectivity index (χ0n) is 16.3. The molecule has 1 fully saturated rings. The molecule has 1 aromatic carbocycles. The topological polar surface area (TPSA) is 92.4 Å². The molecule has 154 valence electrons. The van der Waals surface area contributed by atoms with E-state index in [4.69, 9.17) is 4.74 Å². The number of sulfone groups is 1. The summed E-state index contributed by atoms with van der Waals surface area (Å²) in [4.78, 5) is 22.3. The van der Waals surface area contributed by atoms with Crippen LogP contribution >= 0.6 is 11.8 Å². The lowest BCUT2D eigenvalue weighted by Gasteiger charge is -2.28. The number of hydrogen-bond donors (Lipinski definition) is 1. The van der Waals surface area contributed by atoms with Gasteiger partial charge in [0.1, 0.15) is 5.75 Å². The van der Waals surface area contributed by atoms with Gasteiger partial charge >= 0.3 is 0 Å². The van der Waals surface area contributed by atoms with Crippen molar-refractivity contribution in [3.63, 3.8) is 0 Å². The van der Waals surface area contributed by atoms with Crippen LogP contribution in [-0.4, -0.2) is 65.6 Å². The molecule has 9 heteroatoms. The molecule has 1 aliphatic heterocycles. The summed E-state index contributed by atoms with van der Waals surface area (Å²) < 4.78 is 29.2. The minimum absolute atomic E-state index is 0.0315. The molecule has 1 atom stereocenters. The Morgan fingerprint density at radius 3 is 2.89 bits per heavy atom. The fourth-order valence-corrected chi connectivity index (χ4v) is 5.87. The SMILES string of the molecule is CCCCN(C(=O)CSc1nc2ccc(OCC)cc2[nH]1)C1CCS(=O)(=O)C1. The highest BCUT2D eigenvalue weighted by Crippen LogP contribution is 2.25. The van der Waals surface area contributed by atoms with Gasteiger partial charge < -0.3 is 14.6 Å². The Balaban J connectivity index is 1.65. The van der Waals surface area contributed by atoms with Crippen molar-refractivity contribution in [1.82, 2.24) is 14.9 Å². The number of unbranched alkanes of at least 4 members (excludes halogenated alkanes) is 1. The number of carbonyl (C=O) groups excluding carboxylic acids is 1. The predicted octanol–water partition coefficient (Wildman–Crippen LogP) is 2.87. The van der Waals surface area contributed by atoms with Crippen LogP contribution < -0.4 is 4.74 Å². The van der Waals surface area contributed by atoms with E-state index in [9.17, 15) is 13.2 Å². The fourth-order valence-electron chi connectivity index (χ4n) is 3.36. The van der Waals surface area contributed by atoms with Gasteiger partial charge in [-0.2, -0.15) is 0 Å². The van der Waals surface area contributed by atoms with Crippen LogP contribution in [-0.2, 0) is 14.6 Å². The smallest absolute Gasteiger partial charge is 0.233 e. The number of benzene rings is 1. The number of aromatic nitrogens is 2. The van der Waals surface area contributed by atoms with E-state index < -0.39 is 9.84 Å². The van der Waals surface area contributed by atoms with Gasteiger partial charge in [-0.1, -0.05) is 25.1 Å². The van der Waals surface area contributed by atoms with Gasteiger partial charge in [0, 0.05) is 18.7 Å². The minimum Gasteiger partial charge on any atom is -0.494 e. The van der Waals surface area contributed by atoms with Gasteiger partial charge in [-0.05, 0) is 31.9 Å². The quantitative estimate of drug-likeness (QED) is 0.621. The lowest BCUT2D eigenvalue weighted by molar-refractivity contribution is -0.130. The summed E-state index contributed by atoms with van der Waals surface area (Å²) in [7, 11) is -3.02. The lowest BCUT2D eigenvalue weighted by Crippen LogP contribution is -2.42. The molecular formula is C19H27N3O4S2. The van der Waals surface area contributed by atoms with E-state index in [1.54, 1.807) is 4.90 Å². The van der Waals surface area contributed by atoms with Crippen LogP contribution in [0.1, 0.15) is 33.1 Å². The van der Waals surface area contributed by atoms with Crippen LogP contribution in [0, 0.1) is 0 Å². The van der Waals surface area contributed by atoms with Crippen molar-refractivity contribution in [3.05, 3.63) is 18.2 Å². The molecule has 1 N–H and O–H groups in total. The van der Waals surface area contributed by atoms with Crippen LogP contribution in [0.4, 0.5) is 0 Å². The average Bonchev–Trinajstić information content (AvgIpc) is 3.22. The normalized spacial score (nSPS) is 18.4. The fraction of sp³-hybridized carbons (Fsp3) is 0.579. The summed E-state index contributed by atoms with van der Waals surface area (Å²) in [6.07, 6.45) is 2.37. The van der Waals surface area contributed by atoms with Gasteiger partial charge in [-0.3, -0.25) is 4.79 Å². The Hall–Kier alpha value is -1.74. The molecule has 1 saturated heterocycles. The number of carbonyl (C=O) groups is 1. The molecule has 1 aliphatic rings. The Bertz CT molecular complexity index is 926. The number of imidazole rings is 1. The van der Waals surface area contributed by atoms with Gasteiger partial charge in [-0.15, -0.1) is 0 Å². The Morgan fingerprint density at radius 1 is 1.39 bits per heavy atom. The Morgan fingerprint density at radius 2 is 2.21 bits per heavy atom. The molecule has 0 aliphatic carbocycles. The number of ether oxygens (including phenoxy) is 1. The maximum atomic E-state index is 12.8. The van der Waals surface area contributed by atoms with E-state index in [0.717, 1.165) is 29.6 Å². The molecule has 2 heterocycles. The maximum absolute atomic E-state index is 12.8. The van der Waals surface area contributed by atoms with Gasteiger partial charge in [0.25, 0.3) is 0 Å². The number of hydrogen-bond acceptors (Lipinski definition) is 6. The first-order chi connectivity index (χ1) is 13.4. The van der Waals surface area contributed by atoms with Crippen LogP contribution in [0.5, 0.6) is 5.75 Å². The number of amides is 1. The van der Waals surface area contributed by atoms with Crippen LogP contribution in [0.2, 0.25) is 0 Å². The summed E-state index contributed by atoms with van der Waals surface area (Å²) in [6.45, 7) is 5.20. The summed E-state index contributed by atoms with van der Waals surface area (Å²) >= 11 is 1.35. The highest BCUT2D eigenvalue weighted by molar-refractivity contribution is 7.99. The van der Waals surface area contributed by atoms with Crippen LogP contribution in [0.3, 0.4) is 0 Å². The van der Waals surface area contributed by atoms with Crippen molar-refractivity contribution >= 4 is 38.5 Å². The highest BCUT2D eigenvalue weighted by atomic mass is 32.2. The summed E-state index contributed by atoms with van der Waals surface area (Å²) in [5.41, 5.74) is 1.69. The molecular weight excluding hydrogens is 398 g/mol. The van der Waals surface area contributed by atoms with E-state index in [1.807, 2.05) is 25.1 Å². The van der Waals surface area contributed by atoms with Gasteiger partial charge in [-0.25, -0.2) is 13.4 Å². The second-order valence-corrected chi connectivity index (χ2v) is 10.1. The first kappa shape index (κ1) is 21.0. The summed E-state index contributed by atoms with van der Waals surface area (Å²) in [6, 6.07) is 5.46. The number of H-pyrrole nitrogens is 1. The molecule has 1 amide bonds. The summed E-state index contributed by atoms with van der Waals surface area (Å²) in [5.74, 6) is 1.23. The Kier molecular flexibility index (Phi) is 6.87. The van der Waals surface area contributed by atoms with Crippen LogP contribution in [0.25, 0.3) is 11.0 Å². The van der Waals surface area contributed by atoms with E-state index in [0.29, 0.717) is 24.7 Å². The Labute approximate surface area is 170 Å². The van der Waals surface area contributed by atoms with Gasteiger partial charge in [0.2, 0.25) is 5.91 Å². The first-order valence-corrected chi connectivity index (χ1v) is 12.5. The average molecular weight is 426 g/mol. The number of thioether (sulfide) groups is 1. The van der Waals surface area contributed by atoms with Crippen molar-refractivity contribution in [2.45, 2.75) is 44.3 Å². The number of fused-ring (bicyclic) bond motifs is 1. The minimum atomic E-state index is -3.02. The lowest BCUT2D eigenvalue weighted by atomic mass is 10.2. The third-order valence-corrected chi connectivity index (χ3v) is 7.41. The molecule has 2 aromatic rings. The third kappa shape index (κ3) is 5.20. The molecule has 1 aromatic heterocycles. The molecule has 0 radical (unpaired) electrons. The predicted molar refractivity (Wildman–Crippen MR) is 112 cm³/mol. The number of aromatic amines is 1. The third-order valence-electron chi connectivity index (χ3n) is 4.80. The largest absolute Gasteiger partial charge is 0.494 e. The molecule has 7 nitrogen and oxygen atoms in total. The zero-order chi connectivity index (χ0) is 20.1. The number of nitrogens with zero attached hydrogens (tertiary/aromatic N) is 2. The zero-order valence-corrected chi connectivity index (χ0v) is 17.9. The van der Waals surface area contributed by atoms with Crippen LogP contribution in [0.15, 0.2) is 23.4 Å². The second kappa shape index (κ2) is 9.17. The van der Waals surface area contributed by atoms with Crippen molar-refractivity contribution in [2.75, 3.05) is 30.4 Å². The molecule has 0 saturated carbocycles. The monoisotopic (exact) mass is 425 g/mol. The molecule has 0 bridgehead atoms. The van der Waals surface area contributed by atoms with E-state index >= 15 is 0 Å². The molecule has 0 spiro atoms. The molecule has 3 rings (SSSR count). The van der Waals surface area contributed by atoms with Crippen molar-refractivity contribution in [2.24, 2.45) is 0 Å². The van der Waals surface area contributed by atoms with Crippen molar-refractivity contribution < 1.29 is 17.9 Å².